The van der Waals surface area contributed by atoms with Crippen molar-refractivity contribution in [3.05, 3.63) is 97.4 Å². The number of aromatic nitrogens is 2. The number of nitrogens with zero attached hydrogens (tertiary/aromatic N) is 1. The van der Waals surface area contributed by atoms with Gasteiger partial charge in [0.05, 0.1) is 17.3 Å². The summed E-state index contributed by atoms with van der Waals surface area (Å²) >= 11 is 8.49. The molecule has 0 saturated heterocycles. The topological polar surface area (TPSA) is 106 Å². The van der Waals surface area contributed by atoms with Crippen molar-refractivity contribution < 1.29 is 19.4 Å². The molecule has 3 aromatic carbocycles. The molecule has 10 heteroatoms. The Hall–Kier alpha value is -3.28. The van der Waals surface area contributed by atoms with Gasteiger partial charge in [-0.05, 0) is 70.6 Å². The third kappa shape index (κ3) is 6.23. The summed E-state index contributed by atoms with van der Waals surface area (Å²) in [6.07, 6.45) is 0. The molecule has 0 spiro atoms. The molecule has 1 amide bonds. The SMILES string of the molecule is COCCOc1ccc(-c2[nH]c(=O)n([C@H](C(=O)Nc3ccc(I)cc3Cl)[C@@H](C)c3ccccc3)c2O)cc1. The fourth-order valence-corrected chi connectivity index (χ4v) is 5.07. The smallest absolute Gasteiger partial charge is 0.329 e. The summed E-state index contributed by atoms with van der Waals surface area (Å²) in [4.78, 5) is 29.6. The second-order valence-corrected chi connectivity index (χ2v) is 10.3. The number of aromatic amines is 1. The Kier molecular flexibility index (Phi) is 9.13. The van der Waals surface area contributed by atoms with Crippen molar-refractivity contribution >= 4 is 45.8 Å². The number of H-pyrrole nitrogens is 1. The van der Waals surface area contributed by atoms with E-state index >= 15 is 0 Å². The molecule has 0 fully saturated rings. The zero-order valence-electron chi connectivity index (χ0n) is 20.8. The molecule has 198 valence electrons. The first-order valence-electron chi connectivity index (χ1n) is 11.9. The first kappa shape index (κ1) is 27.7. The van der Waals surface area contributed by atoms with Crippen LogP contribution in [0.2, 0.25) is 5.02 Å². The Morgan fingerprint density at radius 2 is 1.82 bits per heavy atom. The van der Waals surface area contributed by atoms with Gasteiger partial charge in [0, 0.05) is 22.2 Å². The molecule has 0 aliphatic carbocycles. The van der Waals surface area contributed by atoms with Crippen LogP contribution in [0.4, 0.5) is 5.69 Å². The first-order valence-corrected chi connectivity index (χ1v) is 13.3. The van der Waals surface area contributed by atoms with E-state index in [2.05, 4.69) is 32.9 Å². The number of carbonyl (C=O) groups excluding carboxylic acids is 1. The Morgan fingerprint density at radius 3 is 2.47 bits per heavy atom. The average molecular weight is 648 g/mol. The Morgan fingerprint density at radius 1 is 1.11 bits per heavy atom. The predicted octanol–water partition coefficient (Wildman–Crippen LogP) is 5.82. The summed E-state index contributed by atoms with van der Waals surface area (Å²) < 4.78 is 12.6. The number of hydrogen-bond acceptors (Lipinski definition) is 5. The lowest BCUT2D eigenvalue weighted by molar-refractivity contribution is -0.120. The number of nitrogens with one attached hydrogen (secondary N) is 2. The molecular formula is C28H27ClIN3O5. The number of benzene rings is 3. The highest BCUT2D eigenvalue weighted by atomic mass is 127. The van der Waals surface area contributed by atoms with Crippen molar-refractivity contribution in [1.82, 2.24) is 9.55 Å². The summed E-state index contributed by atoms with van der Waals surface area (Å²) in [5, 5.41) is 14.5. The van der Waals surface area contributed by atoms with Gasteiger partial charge < -0.3 is 24.9 Å². The van der Waals surface area contributed by atoms with Gasteiger partial charge in [0.2, 0.25) is 11.8 Å². The molecule has 1 aromatic heterocycles. The summed E-state index contributed by atoms with van der Waals surface area (Å²) in [7, 11) is 1.59. The maximum atomic E-state index is 13.7. The van der Waals surface area contributed by atoms with Crippen LogP contribution in [-0.2, 0) is 9.53 Å². The van der Waals surface area contributed by atoms with Crippen LogP contribution in [0.15, 0.2) is 77.6 Å². The van der Waals surface area contributed by atoms with E-state index in [-0.39, 0.29) is 11.6 Å². The number of anilines is 1. The molecule has 2 atom stereocenters. The Balaban J connectivity index is 1.72. The lowest BCUT2D eigenvalue weighted by Crippen LogP contribution is -2.35. The minimum absolute atomic E-state index is 0.198. The van der Waals surface area contributed by atoms with Gasteiger partial charge in [-0.2, -0.15) is 0 Å². The molecule has 0 aliphatic rings. The number of carbonyl (C=O) groups is 1. The molecule has 38 heavy (non-hydrogen) atoms. The Bertz CT molecular complexity index is 1450. The number of aromatic hydroxyl groups is 1. The summed E-state index contributed by atoms with van der Waals surface area (Å²) in [6.45, 7) is 2.68. The summed E-state index contributed by atoms with van der Waals surface area (Å²) in [5.41, 5.74) is 1.38. The molecule has 8 nitrogen and oxygen atoms in total. The molecule has 0 bridgehead atoms. The highest BCUT2D eigenvalue weighted by molar-refractivity contribution is 14.1. The maximum Gasteiger partial charge on any atom is 0.329 e. The van der Waals surface area contributed by atoms with Crippen LogP contribution < -0.4 is 15.7 Å². The maximum absolute atomic E-state index is 13.7. The van der Waals surface area contributed by atoms with Crippen molar-refractivity contribution in [3.8, 4) is 22.9 Å². The van der Waals surface area contributed by atoms with Crippen LogP contribution >= 0.6 is 34.2 Å². The van der Waals surface area contributed by atoms with E-state index in [1.54, 1.807) is 43.5 Å². The van der Waals surface area contributed by atoms with E-state index in [1.165, 1.54) is 0 Å². The van der Waals surface area contributed by atoms with E-state index < -0.39 is 23.6 Å². The molecule has 0 saturated carbocycles. The largest absolute Gasteiger partial charge is 0.493 e. The summed E-state index contributed by atoms with van der Waals surface area (Å²) in [5.74, 6) is -0.687. The normalized spacial score (nSPS) is 12.6. The van der Waals surface area contributed by atoms with Gasteiger partial charge in [-0.25, -0.2) is 9.36 Å². The van der Waals surface area contributed by atoms with Gasteiger partial charge in [0.25, 0.3) is 0 Å². The number of rotatable bonds is 10. The third-order valence-corrected chi connectivity index (χ3v) is 7.12. The van der Waals surface area contributed by atoms with Gasteiger partial charge in [-0.1, -0.05) is 48.9 Å². The lowest BCUT2D eigenvalue weighted by Gasteiger charge is -2.25. The number of hydrogen-bond donors (Lipinski definition) is 3. The van der Waals surface area contributed by atoms with Crippen LogP contribution in [0.5, 0.6) is 11.6 Å². The number of amides is 1. The average Bonchev–Trinajstić information content (AvgIpc) is 3.20. The second-order valence-electron chi connectivity index (χ2n) is 8.62. The highest BCUT2D eigenvalue weighted by Crippen LogP contribution is 2.36. The predicted molar refractivity (Wildman–Crippen MR) is 156 cm³/mol. The van der Waals surface area contributed by atoms with Crippen LogP contribution in [0, 0.1) is 3.57 Å². The zero-order valence-corrected chi connectivity index (χ0v) is 23.7. The van der Waals surface area contributed by atoms with Crippen LogP contribution in [0.25, 0.3) is 11.3 Å². The van der Waals surface area contributed by atoms with Crippen molar-refractivity contribution in [2.24, 2.45) is 0 Å². The van der Waals surface area contributed by atoms with Gasteiger partial charge in [-0.3, -0.25) is 4.79 Å². The molecule has 0 radical (unpaired) electrons. The van der Waals surface area contributed by atoms with Crippen LogP contribution in [-0.4, -0.2) is 40.9 Å². The number of methoxy groups -OCH3 is 1. The number of imidazole rings is 1. The van der Waals surface area contributed by atoms with E-state index in [9.17, 15) is 14.7 Å². The number of ether oxygens (including phenoxy) is 2. The van der Waals surface area contributed by atoms with E-state index in [4.69, 9.17) is 21.1 Å². The van der Waals surface area contributed by atoms with Crippen LogP contribution in [0.1, 0.15) is 24.4 Å². The number of halogens is 2. The van der Waals surface area contributed by atoms with Gasteiger partial charge in [-0.15, -0.1) is 0 Å². The van der Waals surface area contributed by atoms with Crippen LogP contribution in [0.3, 0.4) is 0 Å². The van der Waals surface area contributed by atoms with E-state index in [1.807, 2.05) is 43.3 Å². The minimum atomic E-state index is -1.08. The van der Waals surface area contributed by atoms with Crippen molar-refractivity contribution in [3.63, 3.8) is 0 Å². The van der Waals surface area contributed by atoms with Gasteiger partial charge >= 0.3 is 5.69 Å². The fraction of sp³-hybridized carbons (Fsp3) is 0.214. The summed E-state index contributed by atoms with van der Waals surface area (Å²) in [6, 6.07) is 20.4. The Labute approximate surface area is 238 Å². The van der Waals surface area contributed by atoms with E-state index in [0.717, 1.165) is 13.7 Å². The molecule has 3 N–H and O–H groups in total. The van der Waals surface area contributed by atoms with Gasteiger partial charge in [0.15, 0.2) is 0 Å². The second kappa shape index (κ2) is 12.5. The molecule has 1 heterocycles. The van der Waals surface area contributed by atoms with Crippen molar-refractivity contribution in [1.29, 1.82) is 0 Å². The third-order valence-electron chi connectivity index (χ3n) is 6.14. The highest BCUT2D eigenvalue weighted by Gasteiger charge is 2.33. The zero-order chi connectivity index (χ0) is 27.2. The first-order chi connectivity index (χ1) is 18.3. The molecular weight excluding hydrogens is 621 g/mol. The fourth-order valence-electron chi connectivity index (χ4n) is 4.16. The standard InChI is InChI=1S/C28H27ClIN3O5/c1-17(18-6-4-3-5-7-18)25(26(34)31-23-13-10-20(30)16-22(23)29)33-27(35)24(32-28(33)36)19-8-11-21(12-9-19)38-15-14-37-2/h3-13,16-17,25,35H,14-15H2,1-2H3,(H,31,34)(H,32,36)/t17-,25-/m0/s1. The minimum Gasteiger partial charge on any atom is -0.493 e. The monoisotopic (exact) mass is 647 g/mol. The molecule has 4 rings (SSSR count). The molecule has 4 aromatic rings. The van der Waals surface area contributed by atoms with Crippen molar-refractivity contribution in [2.45, 2.75) is 18.9 Å². The van der Waals surface area contributed by atoms with Gasteiger partial charge in [0.1, 0.15) is 24.1 Å². The van der Waals surface area contributed by atoms with Crippen molar-refractivity contribution in [2.75, 3.05) is 25.6 Å². The quantitative estimate of drug-likeness (QED) is 0.149. The molecule has 0 aliphatic heterocycles. The van der Waals surface area contributed by atoms with E-state index in [0.29, 0.717) is 35.2 Å². The molecule has 0 unspecified atom stereocenters. The lowest BCUT2D eigenvalue weighted by atomic mass is 9.92.